The summed E-state index contributed by atoms with van der Waals surface area (Å²) >= 11 is 0. The second-order valence-electron chi connectivity index (χ2n) is 6.57. The number of hydrogen-bond acceptors (Lipinski definition) is 3. The lowest BCUT2D eigenvalue weighted by atomic mass is 10.1. The molecule has 3 N–H and O–H groups in total. The largest absolute Gasteiger partial charge is 0.434 e. The van der Waals surface area contributed by atoms with E-state index in [4.69, 9.17) is 0 Å². The number of benzene rings is 1. The number of carbonyl (C=O) groups is 1. The molecule has 0 fully saturated rings. The molecule has 1 aromatic rings. The highest BCUT2D eigenvalue weighted by Crippen LogP contribution is 2.21. The van der Waals surface area contributed by atoms with Crippen molar-refractivity contribution in [1.82, 2.24) is 16.0 Å². The van der Waals surface area contributed by atoms with Crippen molar-refractivity contribution < 1.29 is 18.3 Å². The van der Waals surface area contributed by atoms with Gasteiger partial charge in [0.15, 0.2) is 5.96 Å². The molecule has 0 bridgehead atoms. The van der Waals surface area contributed by atoms with Gasteiger partial charge in [0.2, 0.25) is 5.91 Å². The maximum Gasteiger partial charge on any atom is 0.387 e. The summed E-state index contributed by atoms with van der Waals surface area (Å²) < 4.78 is 29.5. The van der Waals surface area contributed by atoms with E-state index >= 15 is 0 Å². The van der Waals surface area contributed by atoms with Gasteiger partial charge in [0.1, 0.15) is 5.75 Å². The first-order chi connectivity index (χ1) is 11.6. The van der Waals surface area contributed by atoms with Gasteiger partial charge < -0.3 is 20.7 Å². The Balaban J connectivity index is 0.00000625. The van der Waals surface area contributed by atoms with E-state index in [-0.39, 0.29) is 54.3 Å². The normalized spacial score (nSPS) is 11.6. The summed E-state index contributed by atoms with van der Waals surface area (Å²) in [5, 5.41) is 8.68. The van der Waals surface area contributed by atoms with Crippen molar-refractivity contribution in [2.75, 3.05) is 13.6 Å². The van der Waals surface area contributed by atoms with Crippen molar-refractivity contribution in [3.05, 3.63) is 29.3 Å². The first kappa shape index (κ1) is 24.4. The fraction of sp³-hybridized carbons (Fsp3) is 0.529. The predicted molar refractivity (Wildman–Crippen MR) is 109 cm³/mol. The number of rotatable bonds is 6. The van der Waals surface area contributed by atoms with Crippen LogP contribution < -0.4 is 20.7 Å². The Hall–Kier alpha value is -1.65. The standard InChI is InChI=1S/C17H26F2N4O2.HI/c1-11-6-7-13(25-15(18)19)12(8-11)9-21-16(20-5)22-10-14(24)23-17(2,3)4;/h6-8,15H,9-10H2,1-5H3,(H,23,24)(H2,20,21,22);1H. The summed E-state index contributed by atoms with van der Waals surface area (Å²) in [6, 6.07) is 4.96. The number of hydrogen-bond donors (Lipinski definition) is 3. The lowest BCUT2D eigenvalue weighted by Crippen LogP contribution is -2.48. The number of carbonyl (C=O) groups excluding carboxylic acids is 1. The van der Waals surface area contributed by atoms with Crippen LogP contribution in [0, 0.1) is 6.92 Å². The summed E-state index contributed by atoms with van der Waals surface area (Å²) in [5.74, 6) is 0.315. The fourth-order valence-electron chi connectivity index (χ4n) is 2.08. The van der Waals surface area contributed by atoms with Gasteiger partial charge in [-0.05, 0) is 33.8 Å². The highest BCUT2D eigenvalue weighted by Gasteiger charge is 2.14. The maximum absolute atomic E-state index is 12.5. The number of aryl methyl sites for hydroxylation is 1. The lowest BCUT2D eigenvalue weighted by molar-refractivity contribution is -0.121. The number of halogens is 3. The van der Waals surface area contributed by atoms with Gasteiger partial charge in [0, 0.05) is 24.7 Å². The van der Waals surface area contributed by atoms with Crippen LogP contribution in [0.25, 0.3) is 0 Å². The molecule has 6 nitrogen and oxygen atoms in total. The molecular weight excluding hydrogens is 457 g/mol. The molecule has 0 spiro atoms. The zero-order chi connectivity index (χ0) is 19.0. The van der Waals surface area contributed by atoms with Crippen molar-refractivity contribution in [2.24, 2.45) is 4.99 Å². The van der Waals surface area contributed by atoms with E-state index in [0.717, 1.165) is 5.56 Å². The Morgan fingerprint density at radius 2 is 1.92 bits per heavy atom. The number of alkyl halides is 2. The predicted octanol–water partition coefficient (Wildman–Crippen LogP) is 2.79. The minimum Gasteiger partial charge on any atom is -0.434 e. The minimum absolute atomic E-state index is 0. The van der Waals surface area contributed by atoms with E-state index in [9.17, 15) is 13.6 Å². The second-order valence-corrected chi connectivity index (χ2v) is 6.57. The number of amides is 1. The second kappa shape index (κ2) is 11.1. The Labute approximate surface area is 170 Å². The number of nitrogens with one attached hydrogen (secondary N) is 3. The average Bonchev–Trinajstić information content (AvgIpc) is 2.47. The van der Waals surface area contributed by atoms with Crippen LogP contribution in [0.1, 0.15) is 31.9 Å². The molecule has 0 unspecified atom stereocenters. The molecule has 0 aliphatic heterocycles. The molecule has 26 heavy (non-hydrogen) atoms. The summed E-state index contributed by atoms with van der Waals surface area (Å²) in [5.41, 5.74) is 1.17. The van der Waals surface area contributed by atoms with Crippen molar-refractivity contribution in [3.8, 4) is 5.75 Å². The Bertz CT molecular complexity index is 619. The summed E-state index contributed by atoms with van der Waals surface area (Å²) in [6.45, 7) is 4.91. The molecule has 1 amide bonds. The number of aliphatic imine (C=N–C) groups is 1. The molecule has 9 heteroatoms. The highest BCUT2D eigenvalue weighted by atomic mass is 127. The molecule has 148 valence electrons. The van der Waals surface area contributed by atoms with E-state index in [0.29, 0.717) is 11.5 Å². The average molecular weight is 484 g/mol. The first-order valence-electron chi connectivity index (χ1n) is 7.90. The summed E-state index contributed by atoms with van der Waals surface area (Å²) in [4.78, 5) is 15.8. The van der Waals surface area contributed by atoms with Gasteiger partial charge in [-0.15, -0.1) is 24.0 Å². The zero-order valence-corrected chi connectivity index (χ0v) is 18.0. The number of ether oxygens (including phenoxy) is 1. The highest BCUT2D eigenvalue weighted by molar-refractivity contribution is 14.0. The first-order valence-corrected chi connectivity index (χ1v) is 7.90. The maximum atomic E-state index is 12.5. The van der Waals surface area contributed by atoms with Crippen molar-refractivity contribution in [2.45, 2.75) is 46.4 Å². The van der Waals surface area contributed by atoms with Gasteiger partial charge in [-0.1, -0.05) is 17.7 Å². The molecule has 0 radical (unpaired) electrons. The van der Waals surface area contributed by atoms with Crippen LogP contribution in [0.4, 0.5) is 8.78 Å². The van der Waals surface area contributed by atoms with Gasteiger partial charge in [0.05, 0.1) is 6.54 Å². The van der Waals surface area contributed by atoms with Crippen molar-refractivity contribution in [3.63, 3.8) is 0 Å². The molecule has 0 aromatic heterocycles. The van der Waals surface area contributed by atoms with Gasteiger partial charge in [-0.3, -0.25) is 9.79 Å². The van der Waals surface area contributed by atoms with E-state index in [2.05, 4.69) is 25.7 Å². The third-order valence-corrected chi connectivity index (χ3v) is 3.03. The quantitative estimate of drug-likeness (QED) is 0.330. The molecular formula is C17H27F2IN4O2. The van der Waals surface area contributed by atoms with Crippen molar-refractivity contribution >= 4 is 35.8 Å². The Morgan fingerprint density at radius 3 is 2.46 bits per heavy atom. The number of nitrogens with zero attached hydrogens (tertiary/aromatic N) is 1. The van der Waals surface area contributed by atoms with Crippen LogP contribution in [0.15, 0.2) is 23.2 Å². The van der Waals surface area contributed by atoms with E-state index in [1.807, 2.05) is 27.7 Å². The van der Waals surface area contributed by atoms with Crippen LogP contribution in [0.3, 0.4) is 0 Å². The summed E-state index contributed by atoms with van der Waals surface area (Å²) in [6.07, 6.45) is 0. The van der Waals surface area contributed by atoms with Crippen molar-refractivity contribution in [1.29, 1.82) is 0 Å². The molecule has 0 atom stereocenters. The molecule has 0 aliphatic carbocycles. The number of guanidine groups is 1. The molecule has 0 saturated carbocycles. The van der Waals surface area contributed by atoms with Crippen LogP contribution in [0.2, 0.25) is 0 Å². The monoisotopic (exact) mass is 484 g/mol. The lowest BCUT2D eigenvalue weighted by Gasteiger charge is -2.21. The van der Waals surface area contributed by atoms with E-state index in [1.165, 1.54) is 6.07 Å². The Kier molecular flexibility index (Phi) is 10.4. The van der Waals surface area contributed by atoms with Crippen LogP contribution in [0.5, 0.6) is 5.75 Å². The molecule has 0 heterocycles. The third kappa shape index (κ3) is 9.73. The molecule has 1 rings (SSSR count). The van der Waals surface area contributed by atoms with Gasteiger partial charge >= 0.3 is 6.61 Å². The van der Waals surface area contributed by atoms with Gasteiger partial charge in [-0.25, -0.2) is 0 Å². The Morgan fingerprint density at radius 1 is 1.27 bits per heavy atom. The van der Waals surface area contributed by atoms with E-state index < -0.39 is 6.61 Å². The van der Waals surface area contributed by atoms with Crippen LogP contribution >= 0.6 is 24.0 Å². The topological polar surface area (TPSA) is 74.8 Å². The van der Waals surface area contributed by atoms with Crippen LogP contribution in [-0.2, 0) is 11.3 Å². The summed E-state index contributed by atoms with van der Waals surface area (Å²) in [7, 11) is 1.56. The van der Waals surface area contributed by atoms with Crippen LogP contribution in [-0.4, -0.2) is 37.6 Å². The fourth-order valence-corrected chi connectivity index (χ4v) is 2.08. The molecule has 0 aliphatic rings. The zero-order valence-electron chi connectivity index (χ0n) is 15.7. The smallest absolute Gasteiger partial charge is 0.387 e. The van der Waals surface area contributed by atoms with E-state index in [1.54, 1.807) is 19.2 Å². The minimum atomic E-state index is -2.89. The third-order valence-electron chi connectivity index (χ3n) is 3.03. The van der Waals surface area contributed by atoms with Gasteiger partial charge in [0.25, 0.3) is 0 Å². The SMILES string of the molecule is CN=C(NCC(=O)NC(C)(C)C)NCc1cc(C)ccc1OC(F)F.I. The molecule has 1 aromatic carbocycles. The molecule has 0 saturated heterocycles. The van der Waals surface area contributed by atoms with Gasteiger partial charge in [-0.2, -0.15) is 8.78 Å².